The molecule has 0 bridgehead atoms. The van der Waals surface area contributed by atoms with Crippen molar-refractivity contribution < 1.29 is 9.53 Å². The molecule has 0 fully saturated rings. The Kier molecular flexibility index (Phi) is 9.10. The number of anilines is 1. The molecule has 4 nitrogen and oxygen atoms in total. The van der Waals surface area contributed by atoms with E-state index in [2.05, 4.69) is 26.1 Å². The van der Waals surface area contributed by atoms with Crippen LogP contribution in [-0.2, 0) is 19.4 Å². The molecular weight excluding hydrogens is 595 g/mol. The van der Waals surface area contributed by atoms with Gasteiger partial charge in [0, 0.05) is 37.4 Å². The van der Waals surface area contributed by atoms with E-state index in [1.54, 1.807) is 41.8 Å². The molecule has 5 rings (SSSR count). The molecule has 41 heavy (non-hydrogen) atoms. The molecule has 1 aliphatic rings. The Hall–Kier alpha value is -2.83. The summed E-state index contributed by atoms with van der Waals surface area (Å²) in [6.07, 6.45) is 4.69. The number of aliphatic imine (C=N–C) groups is 1. The van der Waals surface area contributed by atoms with Crippen LogP contribution in [-0.4, -0.2) is 12.1 Å². The molecule has 1 heterocycles. The van der Waals surface area contributed by atoms with E-state index in [4.69, 9.17) is 44.5 Å². The van der Waals surface area contributed by atoms with Crippen LogP contribution in [0.1, 0.15) is 59.1 Å². The van der Waals surface area contributed by atoms with Crippen molar-refractivity contribution in [2.45, 2.75) is 46.6 Å². The second-order valence-corrected chi connectivity index (χ2v) is 13.7. The van der Waals surface area contributed by atoms with E-state index in [-0.39, 0.29) is 11.3 Å². The molecule has 0 radical (unpaired) electrons. The third-order valence-corrected chi connectivity index (χ3v) is 9.42. The van der Waals surface area contributed by atoms with Crippen molar-refractivity contribution in [1.82, 2.24) is 0 Å². The number of fused-ring (bicyclic) bond motifs is 1. The lowest BCUT2D eigenvalue weighted by atomic mass is 9.72. The first-order valence-electron chi connectivity index (χ1n) is 13.5. The molecule has 1 atom stereocenters. The summed E-state index contributed by atoms with van der Waals surface area (Å²) in [5, 5.41) is 5.57. The fraction of sp³-hybridized carbons (Fsp3) is 0.273. The van der Waals surface area contributed by atoms with Gasteiger partial charge in [-0.3, -0.25) is 4.79 Å². The summed E-state index contributed by atoms with van der Waals surface area (Å²) in [4.78, 5) is 19.7. The quantitative estimate of drug-likeness (QED) is 0.208. The van der Waals surface area contributed by atoms with Crippen molar-refractivity contribution in [2.75, 3.05) is 5.32 Å². The smallest absolute Gasteiger partial charge is 0.259 e. The van der Waals surface area contributed by atoms with Gasteiger partial charge in [0.1, 0.15) is 17.4 Å². The number of nitrogens with one attached hydrogen (secondary N) is 1. The normalized spacial score (nSPS) is 15.1. The van der Waals surface area contributed by atoms with Gasteiger partial charge in [0.2, 0.25) is 0 Å². The van der Waals surface area contributed by atoms with E-state index >= 15 is 0 Å². The summed E-state index contributed by atoms with van der Waals surface area (Å²) in [6, 6.07) is 20.2. The SMILES string of the molecule is CC(C)(C)[C@@H]1CCc2c(sc(N=Cc3ccc(OCc4ccc(Cl)cc4Cl)cc3)c2C(=O)Nc2ccc(Cl)cc2)C1. The van der Waals surface area contributed by atoms with Crippen molar-refractivity contribution in [3.8, 4) is 5.75 Å². The zero-order valence-corrected chi connectivity index (χ0v) is 26.2. The number of ether oxygens (including phenoxy) is 1. The van der Waals surface area contributed by atoms with Crippen molar-refractivity contribution in [3.63, 3.8) is 0 Å². The highest BCUT2D eigenvalue weighted by atomic mass is 35.5. The van der Waals surface area contributed by atoms with Gasteiger partial charge >= 0.3 is 0 Å². The minimum Gasteiger partial charge on any atom is -0.489 e. The highest BCUT2D eigenvalue weighted by Crippen LogP contribution is 2.45. The highest BCUT2D eigenvalue weighted by molar-refractivity contribution is 7.16. The Balaban J connectivity index is 1.36. The van der Waals surface area contributed by atoms with Crippen LogP contribution in [0.15, 0.2) is 71.7 Å². The van der Waals surface area contributed by atoms with Crippen LogP contribution in [0.25, 0.3) is 0 Å². The van der Waals surface area contributed by atoms with E-state index in [9.17, 15) is 4.79 Å². The summed E-state index contributed by atoms with van der Waals surface area (Å²) >= 11 is 19.9. The summed E-state index contributed by atoms with van der Waals surface area (Å²) in [5.41, 5.74) is 4.47. The Bertz CT molecular complexity index is 1570. The third kappa shape index (κ3) is 7.34. The van der Waals surface area contributed by atoms with E-state index in [0.717, 1.165) is 46.7 Å². The van der Waals surface area contributed by atoms with Crippen LogP contribution >= 0.6 is 46.1 Å². The highest BCUT2D eigenvalue weighted by Gasteiger charge is 2.33. The number of carbonyl (C=O) groups excluding carboxylic acids is 1. The molecule has 0 saturated carbocycles. The molecule has 8 heteroatoms. The predicted molar refractivity (Wildman–Crippen MR) is 173 cm³/mol. The summed E-state index contributed by atoms with van der Waals surface area (Å²) < 4.78 is 5.91. The lowest BCUT2D eigenvalue weighted by molar-refractivity contribution is 0.102. The first kappa shape index (κ1) is 29.7. The standard InChI is InChI=1S/C33H31Cl3N2O2S/c1-33(2,3)22-7-15-27-29(16-22)41-32(30(27)31(39)38-25-11-9-23(34)10-12-25)37-18-20-4-13-26(14-5-20)40-19-21-6-8-24(35)17-28(21)36/h4-6,8-14,17-18,22H,7,15-16,19H2,1-3H3,(H,38,39)/t22-/m1/s1. The molecule has 1 amide bonds. The van der Waals surface area contributed by atoms with Crippen molar-refractivity contribution in [1.29, 1.82) is 0 Å². The van der Waals surface area contributed by atoms with E-state index in [0.29, 0.717) is 38.8 Å². The Morgan fingerprint density at radius 3 is 2.41 bits per heavy atom. The lowest BCUT2D eigenvalue weighted by Gasteiger charge is -2.33. The maximum absolute atomic E-state index is 13.6. The molecule has 1 N–H and O–H groups in total. The van der Waals surface area contributed by atoms with Gasteiger partial charge in [-0.25, -0.2) is 4.99 Å². The third-order valence-electron chi connectivity index (χ3n) is 7.42. The first-order valence-corrected chi connectivity index (χ1v) is 15.4. The molecule has 0 spiro atoms. The lowest BCUT2D eigenvalue weighted by Crippen LogP contribution is -2.27. The minimum atomic E-state index is -0.143. The second-order valence-electron chi connectivity index (χ2n) is 11.3. The second kappa shape index (κ2) is 12.6. The number of benzene rings is 3. The Labute approximate surface area is 260 Å². The number of amides is 1. The number of thiophene rings is 1. The molecule has 4 aromatic rings. The zero-order chi connectivity index (χ0) is 29.1. The topological polar surface area (TPSA) is 50.7 Å². The van der Waals surface area contributed by atoms with Gasteiger partial charge in [0.25, 0.3) is 5.91 Å². The molecule has 1 aliphatic carbocycles. The van der Waals surface area contributed by atoms with Gasteiger partial charge in [-0.2, -0.15) is 0 Å². The van der Waals surface area contributed by atoms with Crippen LogP contribution in [0.5, 0.6) is 5.75 Å². The van der Waals surface area contributed by atoms with Gasteiger partial charge in [-0.05, 0) is 102 Å². The molecule has 0 aliphatic heterocycles. The van der Waals surface area contributed by atoms with Crippen LogP contribution < -0.4 is 10.1 Å². The molecule has 212 valence electrons. The molecular formula is C33H31Cl3N2O2S. The number of halogens is 3. The van der Waals surface area contributed by atoms with Crippen molar-refractivity contribution in [2.24, 2.45) is 16.3 Å². The summed E-state index contributed by atoms with van der Waals surface area (Å²) in [7, 11) is 0. The first-order chi connectivity index (χ1) is 19.6. The maximum atomic E-state index is 13.6. The van der Waals surface area contributed by atoms with E-state index in [1.807, 2.05) is 42.5 Å². The Morgan fingerprint density at radius 1 is 1.02 bits per heavy atom. The number of nitrogens with zero attached hydrogens (tertiary/aromatic N) is 1. The van der Waals surface area contributed by atoms with Crippen LogP contribution in [0, 0.1) is 11.3 Å². The minimum absolute atomic E-state index is 0.143. The van der Waals surface area contributed by atoms with E-state index in [1.165, 1.54) is 4.88 Å². The number of hydrogen-bond acceptors (Lipinski definition) is 4. The van der Waals surface area contributed by atoms with Gasteiger partial charge < -0.3 is 10.1 Å². The number of rotatable bonds is 7. The summed E-state index contributed by atoms with van der Waals surface area (Å²) in [6.45, 7) is 7.22. The molecule has 0 saturated heterocycles. The molecule has 3 aromatic carbocycles. The fourth-order valence-electron chi connectivity index (χ4n) is 4.95. The summed E-state index contributed by atoms with van der Waals surface area (Å²) in [5.74, 6) is 1.14. The van der Waals surface area contributed by atoms with Crippen molar-refractivity contribution >= 4 is 68.9 Å². The van der Waals surface area contributed by atoms with Gasteiger partial charge in [0.05, 0.1) is 5.56 Å². The molecule has 1 aromatic heterocycles. The van der Waals surface area contributed by atoms with Gasteiger partial charge in [-0.15, -0.1) is 11.3 Å². The monoisotopic (exact) mass is 624 g/mol. The average molecular weight is 626 g/mol. The van der Waals surface area contributed by atoms with Crippen LogP contribution in [0.4, 0.5) is 10.7 Å². The van der Waals surface area contributed by atoms with Crippen LogP contribution in [0.2, 0.25) is 15.1 Å². The Morgan fingerprint density at radius 2 is 1.73 bits per heavy atom. The number of hydrogen-bond donors (Lipinski definition) is 1. The van der Waals surface area contributed by atoms with Crippen molar-refractivity contribution in [3.05, 3.63) is 109 Å². The molecule has 0 unspecified atom stereocenters. The average Bonchev–Trinajstić information content (AvgIpc) is 3.31. The predicted octanol–water partition coefficient (Wildman–Crippen LogP) is 10.4. The van der Waals surface area contributed by atoms with Gasteiger partial charge in [-0.1, -0.05) is 61.6 Å². The zero-order valence-electron chi connectivity index (χ0n) is 23.1. The maximum Gasteiger partial charge on any atom is 0.259 e. The van der Waals surface area contributed by atoms with Crippen LogP contribution in [0.3, 0.4) is 0 Å². The van der Waals surface area contributed by atoms with E-state index < -0.39 is 0 Å². The van der Waals surface area contributed by atoms with Gasteiger partial charge in [0.15, 0.2) is 0 Å². The fourth-order valence-corrected chi connectivity index (χ4v) is 6.80. The number of carbonyl (C=O) groups is 1. The largest absolute Gasteiger partial charge is 0.489 e.